The fraction of sp³-hybridized carbons (Fsp3) is 0.167. The Bertz CT molecular complexity index is 573. The minimum absolute atomic E-state index is 0.147. The molecular weight excluding hydrogens is 391 g/mol. The Morgan fingerprint density at radius 2 is 2.11 bits per heavy atom. The lowest BCUT2D eigenvalue weighted by Crippen LogP contribution is -2.19. The molecule has 0 aliphatic carbocycles. The van der Waals surface area contributed by atoms with Crippen LogP contribution in [0.15, 0.2) is 23.6 Å². The third kappa shape index (κ3) is 2.68. The average molecular weight is 400 g/mol. The van der Waals surface area contributed by atoms with E-state index in [9.17, 15) is 8.78 Å². The second kappa shape index (κ2) is 5.81. The van der Waals surface area contributed by atoms with E-state index >= 15 is 0 Å². The number of thiophene rings is 1. The second-order valence-corrected chi connectivity index (χ2v) is 6.88. The highest BCUT2D eigenvalue weighted by Crippen LogP contribution is 2.33. The van der Waals surface area contributed by atoms with Crippen molar-refractivity contribution in [2.24, 2.45) is 0 Å². The summed E-state index contributed by atoms with van der Waals surface area (Å²) in [6, 6.07) is 3.88. The van der Waals surface area contributed by atoms with Crippen LogP contribution in [0, 0.1) is 14.5 Å². The van der Waals surface area contributed by atoms with Crippen LogP contribution in [0.1, 0.15) is 17.2 Å². The fourth-order valence-electron chi connectivity index (χ4n) is 1.76. The van der Waals surface area contributed by atoms with Crippen LogP contribution in [0.5, 0.6) is 0 Å². The molecular formula is C12H9ClF2INS. The highest BCUT2D eigenvalue weighted by atomic mass is 127. The molecule has 2 rings (SSSR count). The monoisotopic (exact) mass is 399 g/mol. The number of hydrogen-bond acceptors (Lipinski definition) is 2. The molecule has 0 saturated carbocycles. The smallest absolute Gasteiger partial charge is 0.165 e. The number of halogens is 4. The summed E-state index contributed by atoms with van der Waals surface area (Å²) < 4.78 is 28.3. The van der Waals surface area contributed by atoms with E-state index in [0.717, 1.165) is 14.5 Å². The summed E-state index contributed by atoms with van der Waals surface area (Å²) in [5, 5.41) is 5.09. The summed E-state index contributed by atoms with van der Waals surface area (Å²) in [6.45, 7) is 0. The minimum Gasteiger partial charge on any atom is -0.309 e. The molecule has 0 spiro atoms. The van der Waals surface area contributed by atoms with E-state index in [1.54, 1.807) is 18.4 Å². The van der Waals surface area contributed by atoms with Crippen LogP contribution in [0.4, 0.5) is 8.78 Å². The van der Waals surface area contributed by atoms with Crippen molar-refractivity contribution in [2.45, 2.75) is 6.04 Å². The summed E-state index contributed by atoms with van der Waals surface area (Å²) >= 11 is 9.72. The summed E-state index contributed by atoms with van der Waals surface area (Å²) in [5.41, 5.74) is 1.02. The first-order chi connectivity index (χ1) is 8.54. The number of rotatable bonds is 3. The molecule has 1 aromatic carbocycles. The first kappa shape index (κ1) is 14.2. The molecule has 0 bridgehead atoms. The molecule has 1 N–H and O–H groups in total. The molecule has 1 heterocycles. The molecule has 0 fully saturated rings. The molecule has 0 amide bonds. The lowest BCUT2D eigenvalue weighted by molar-refractivity contribution is 0.487. The van der Waals surface area contributed by atoms with Gasteiger partial charge in [-0.2, -0.15) is 0 Å². The Morgan fingerprint density at radius 3 is 2.67 bits per heavy atom. The molecule has 0 aliphatic heterocycles. The standard InChI is InChI=1S/C12H9ClF2INS/c1-17-12(6-4-9(16)18-5-6)10-7(13)2-3-8(14)11(10)15/h2-5,12,17H,1H3. The minimum atomic E-state index is -0.900. The first-order valence-electron chi connectivity index (χ1n) is 5.09. The Kier molecular flexibility index (Phi) is 4.58. The third-order valence-electron chi connectivity index (χ3n) is 2.58. The number of hydrogen-bond donors (Lipinski definition) is 1. The summed E-state index contributed by atoms with van der Waals surface area (Å²) in [4.78, 5) is 0. The first-order valence-corrected chi connectivity index (χ1v) is 7.42. The van der Waals surface area contributed by atoms with Crippen molar-refractivity contribution >= 4 is 45.5 Å². The molecule has 1 aromatic heterocycles. The molecule has 6 heteroatoms. The van der Waals surface area contributed by atoms with Crippen LogP contribution in [0.25, 0.3) is 0 Å². The van der Waals surface area contributed by atoms with Gasteiger partial charge in [0.25, 0.3) is 0 Å². The van der Waals surface area contributed by atoms with Crippen molar-refractivity contribution in [1.29, 1.82) is 0 Å². The lowest BCUT2D eigenvalue weighted by Gasteiger charge is -2.18. The van der Waals surface area contributed by atoms with Gasteiger partial charge >= 0.3 is 0 Å². The Hall–Kier alpha value is -0.240. The van der Waals surface area contributed by atoms with E-state index in [0.29, 0.717) is 0 Å². The van der Waals surface area contributed by atoms with Crippen LogP contribution in [0.2, 0.25) is 5.02 Å². The van der Waals surface area contributed by atoms with E-state index in [2.05, 4.69) is 27.9 Å². The van der Waals surface area contributed by atoms with Crippen molar-refractivity contribution in [3.63, 3.8) is 0 Å². The molecule has 0 saturated heterocycles. The average Bonchev–Trinajstić information content (AvgIpc) is 2.76. The largest absolute Gasteiger partial charge is 0.309 e. The van der Waals surface area contributed by atoms with Gasteiger partial charge in [-0.1, -0.05) is 11.6 Å². The maximum atomic E-state index is 13.9. The van der Waals surface area contributed by atoms with Gasteiger partial charge < -0.3 is 5.32 Å². The molecule has 0 radical (unpaired) electrons. The molecule has 1 nitrogen and oxygen atoms in total. The SMILES string of the molecule is CNC(c1csc(I)c1)c1c(Cl)ccc(F)c1F. The van der Waals surface area contributed by atoms with Gasteiger partial charge in [0.05, 0.1) is 8.93 Å². The molecule has 2 aromatic rings. The van der Waals surface area contributed by atoms with E-state index in [1.807, 2.05) is 11.4 Å². The Labute approximate surface area is 126 Å². The van der Waals surface area contributed by atoms with E-state index in [4.69, 9.17) is 11.6 Å². The van der Waals surface area contributed by atoms with Crippen LogP contribution in [-0.4, -0.2) is 7.05 Å². The topological polar surface area (TPSA) is 12.0 Å². The van der Waals surface area contributed by atoms with Crippen molar-refractivity contribution in [3.05, 3.63) is 54.2 Å². The predicted molar refractivity (Wildman–Crippen MR) is 79.3 cm³/mol. The van der Waals surface area contributed by atoms with Crippen LogP contribution >= 0.6 is 45.5 Å². The summed E-state index contributed by atoms with van der Waals surface area (Å²) in [5.74, 6) is -1.79. The van der Waals surface area contributed by atoms with Crippen LogP contribution in [-0.2, 0) is 0 Å². The van der Waals surface area contributed by atoms with Crippen molar-refractivity contribution < 1.29 is 8.78 Å². The second-order valence-electron chi connectivity index (χ2n) is 3.66. The van der Waals surface area contributed by atoms with Gasteiger partial charge in [0.1, 0.15) is 0 Å². The van der Waals surface area contributed by atoms with Gasteiger partial charge in [-0.05, 0) is 58.8 Å². The zero-order valence-corrected chi connectivity index (χ0v) is 13.0. The maximum absolute atomic E-state index is 13.9. The van der Waals surface area contributed by atoms with E-state index in [-0.39, 0.29) is 10.6 Å². The van der Waals surface area contributed by atoms with E-state index in [1.165, 1.54) is 6.07 Å². The summed E-state index contributed by atoms with van der Waals surface area (Å²) in [6.07, 6.45) is 0. The Balaban J connectivity index is 2.55. The molecule has 96 valence electrons. The maximum Gasteiger partial charge on any atom is 0.165 e. The highest BCUT2D eigenvalue weighted by molar-refractivity contribution is 14.1. The summed E-state index contributed by atoms with van der Waals surface area (Å²) in [7, 11) is 1.69. The fourth-order valence-corrected chi connectivity index (χ4v) is 3.41. The van der Waals surface area contributed by atoms with E-state index < -0.39 is 17.7 Å². The molecule has 1 unspecified atom stereocenters. The van der Waals surface area contributed by atoms with Gasteiger partial charge in [-0.25, -0.2) is 8.78 Å². The predicted octanol–water partition coefficient (Wildman–Crippen LogP) is 4.59. The zero-order chi connectivity index (χ0) is 13.3. The van der Waals surface area contributed by atoms with Crippen LogP contribution in [0.3, 0.4) is 0 Å². The highest BCUT2D eigenvalue weighted by Gasteiger charge is 2.22. The van der Waals surface area contributed by atoms with Crippen molar-refractivity contribution in [3.8, 4) is 0 Å². The molecule has 1 atom stereocenters. The van der Waals surface area contributed by atoms with Gasteiger partial charge in [-0.15, -0.1) is 11.3 Å². The lowest BCUT2D eigenvalue weighted by atomic mass is 10.0. The normalized spacial score (nSPS) is 12.7. The van der Waals surface area contributed by atoms with Crippen LogP contribution < -0.4 is 5.32 Å². The van der Waals surface area contributed by atoms with Gasteiger partial charge in [0, 0.05) is 10.6 Å². The number of nitrogens with one attached hydrogen (secondary N) is 1. The van der Waals surface area contributed by atoms with Gasteiger partial charge in [0.2, 0.25) is 0 Å². The number of benzene rings is 1. The Morgan fingerprint density at radius 1 is 1.39 bits per heavy atom. The van der Waals surface area contributed by atoms with Crippen molar-refractivity contribution in [1.82, 2.24) is 5.32 Å². The quantitative estimate of drug-likeness (QED) is 0.588. The zero-order valence-electron chi connectivity index (χ0n) is 9.31. The third-order valence-corrected chi connectivity index (χ3v) is 4.71. The molecule has 18 heavy (non-hydrogen) atoms. The van der Waals surface area contributed by atoms with Gasteiger partial charge in [-0.3, -0.25) is 0 Å². The van der Waals surface area contributed by atoms with Crippen molar-refractivity contribution in [2.75, 3.05) is 7.05 Å². The molecule has 0 aliphatic rings. The van der Waals surface area contributed by atoms with Gasteiger partial charge in [0.15, 0.2) is 11.6 Å².